The normalized spacial score (nSPS) is 14.1. The highest BCUT2D eigenvalue weighted by Gasteiger charge is 2.27. The number of thiophene rings is 1. The molecule has 0 amide bonds. The molecule has 1 aliphatic rings. The third kappa shape index (κ3) is 6.17. The number of hydrogen-bond acceptors (Lipinski definition) is 9. The Labute approximate surface area is 241 Å². The molecule has 2 N–H and O–H groups in total. The van der Waals surface area contributed by atoms with Crippen molar-refractivity contribution in [3.8, 4) is 27.9 Å². The highest BCUT2D eigenvalue weighted by Crippen LogP contribution is 2.37. The van der Waals surface area contributed by atoms with E-state index in [0.29, 0.717) is 18.3 Å². The van der Waals surface area contributed by atoms with Crippen molar-refractivity contribution >= 4 is 40.6 Å². The van der Waals surface area contributed by atoms with Gasteiger partial charge in [-0.2, -0.15) is 10.4 Å². The van der Waals surface area contributed by atoms with Gasteiger partial charge in [0.2, 0.25) is 5.95 Å². The number of pyridine rings is 1. The number of nitrogens with zero attached hydrogens (tertiary/aromatic N) is 6. The molecular formula is C30H28N8S2. The number of nitrogens with one attached hydrogen (secondary N) is 2. The number of benzene rings is 1. The number of aromatic nitrogens is 5. The first-order valence-corrected chi connectivity index (χ1v) is 14.9. The van der Waals surface area contributed by atoms with E-state index in [9.17, 15) is 5.26 Å². The molecule has 1 aromatic carbocycles. The molecule has 0 aliphatic heterocycles. The third-order valence-electron chi connectivity index (χ3n) is 7.05. The number of anilines is 3. The topological polar surface area (TPSA) is 104 Å². The second-order valence-electron chi connectivity index (χ2n) is 9.69. The smallest absolute Gasteiger partial charge is 0.227 e. The first-order valence-electron chi connectivity index (χ1n) is 13.3. The Morgan fingerprint density at radius 1 is 0.975 bits per heavy atom. The van der Waals surface area contributed by atoms with Crippen LogP contribution in [0.15, 0.2) is 89.7 Å². The molecule has 1 atom stereocenters. The minimum absolute atomic E-state index is 0.119. The molecule has 1 unspecified atom stereocenters. The lowest BCUT2D eigenvalue weighted by molar-refractivity contribution is 0.315. The maximum atomic E-state index is 9.37. The molecule has 8 nitrogen and oxygen atoms in total. The van der Waals surface area contributed by atoms with Crippen molar-refractivity contribution < 1.29 is 0 Å². The summed E-state index contributed by atoms with van der Waals surface area (Å²) < 4.78 is 6.53. The van der Waals surface area contributed by atoms with Crippen LogP contribution < -0.4 is 10.0 Å². The molecule has 0 radical (unpaired) electrons. The molecular weight excluding hydrogens is 537 g/mol. The van der Waals surface area contributed by atoms with Gasteiger partial charge in [0.15, 0.2) is 0 Å². The summed E-state index contributed by atoms with van der Waals surface area (Å²) in [4.78, 5) is 14.7. The Morgan fingerprint density at radius 3 is 2.62 bits per heavy atom. The molecule has 0 saturated heterocycles. The van der Waals surface area contributed by atoms with Crippen LogP contribution in [-0.4, -0.2) is 24.7 Å². The Morgan fingerprint density at radius 2 is 1.82 bits per heavy atom. The maximum absolute atomic E-state index is 9.37. The van der Waals surface area contributed by atoms with E-state index >= 15 is 0 Å². The number of rotatable bonds is 10. The van der Waals surface area contributed by atoms with Gasteiger partial charge >= 0.3 is 0 Å². The summed E-state index contributed by atoms with van der Waals surface area (Å²) in [5, 5.41) is 17.3. The van der Waals surface area contributed by atoms with Gasteiger partial charge in [0.05, 0.1) is 45.2 Å². The largest absolute Gasteiger partial charge is 0.325 e. The molecule has 0 spiro atoms. The van der Waals surface area contributed by atoms with E-state index in [1.54, 1.807) is 29.5 Å². The minimum atomic E-state index is 0.119. The van der Waals surface area contributed by atoms with Gasteiger partial charge in [0, 0.05) is 35.5 Å². The van der Waals surface area contributed by atoms with Gasteiger partial charge in [-0.3, -0.25) is 9.67 Å². The lowest BCUT2D eigenvalue weighted by atomic mass is 9.96. The second-order valence-corrected chi connectivity index (χ2v) is 11.9. The fourth-order valence-corrected chi connectivity index (χ4v) is 6.79. The molecule has 6 rings (SSSR count). The molecule has 40 heavy (non-hydrogen) atoms. The predicted octanol–water partition coefficient (Wildman–Crippen LogP) is 7.97. The number of hydrogen-bond donors (Lipinski definition) is 2. The van der Waals surface area contributed by atoms with Gasteiger partial charge < -0.3 is 10.0 Å². The highest BCUT2D eigenvalue weighted by molar-refractivity contribution is 8.02. The monoisotopic (exact) mass is 564 g/mol. The van der Waals surface area contributed by atoms with Crippen molar-refractivity contribution in [1.29, 1.82) is 5.26 Å². The zero-order valence-electron chi connectivity index (χ0n) is 21.8. The lowest BCUT2D eigenvalue weighted by Gasteiger charge is -2.21. The SMILES string of the molecule is N#CCC(C1CCCC1)n1cc(-c2ccnc(Nc3ccc(NSc4ccc(-c5ccccn5)s4)cc3)n2)cn1. The van der Waals surface area contributed by atoms with E-state index in [0.717, 1.165) is 46.0 Å². The van der Waals surface area contributed by atoms with Gasteiger partial charge in [-0.25, -0.2) is 9.97 Å². The average molecular weight is 565 g/mol. The Balaban J connectivity index is 1.07. The van der Waals surface area contributed by atoms with Gasteiger partial charge in [0.25, 0.3) is 0 Å². The molecule has 1 fully saturated rings. The van der Waals surface area contributed by atoms with Crippen molar-refractivity contribution in [1.82, 2.24) is 24.7 Å². The van der Waals surface area contributed by atoms with Crippen molar-refractivity contribution in [3.05, 3.63) is 85.5 Å². The summed E-state index contributed by atoms with van der Waals surface area (Å²) in [6, 6.07) is 22.6. The highest BCUT2D eigenvalue weighted by atomic mass is 32.2. The van der Waals surface area contributed by atoms with Crippen molar-refractivity contribution in [2.45, 2.75) is 42.4 Å². The molecule has 0 bridgehead atoms. The Kier molecular flexibility index (Phi) is 8.02. The average Bonchev–Trinajstić information content (AvgIpc) is 3.79. The maximum Gasteiger partial charge on any atom is 0.227 e. The molecule has 4 aromatic heterocycles. The van der Waals surface area contributed by atoms with Crippen molar-refractivity contribution in [2.24, 2.45) is 5.92 Å². The lowest BCUT2D eigenvalue weighted by Crippen LogP contribution is -2.17. The van der Waals surface area contributed by atoms with E-state index in [2.05, 4.69) is 43.3 Å². The summed E-state index contributed by atoms with van der Waals surface area (Å²) in [6.45, 7) is 0. The van der Waals surface area contributed by atoms with E-state index in [1.807, 2.05) is 71.8 Å². The zero-order chi connectivity index (χ0) is 27.1. The first-order chi connectivity index (χ1) is 19.7. The van der Waals surface area contributed by atoms with Crippen LogP contribution in [0.3, 0.4) is 0 Å². The Hall–Kier alpha value is -4.20. The standard InChI is InChI=1S/C30H28N8S2/c31-16-14-27(21-5-1-2-6-21)38-20-22(19-34-38)25-15-18-33-30(36-25)35-23-8-10-24(11-9-23)37-40-29-13-12-28(39-29)26-7-3-4-17-32-26/h3-4,7-13,15,17-21,27,37H,1-2,5-6,14H2,(H,33,35,36). The molecule has 4 heterocycles. The summed E-state index contributed by atoms with van der Waals surface area (Å²) in [5.74, 6) is 1.03. The summed E-state index contributed by atoms with van der Waals surface area (Å²) in [7, 11) is 0. The van der Waals surface area contributed by atoms with Crippen molar-refractivity contribution in [2.75, 3.05) is 10.0 Å². The van der Waals surface area contributed by atoms with Crippen LogP contribution in [0.4, 0.5) is 17.3 Å². The van der Waals surface area contributed by atoms with Crippen LogP contribution in [0.25, 0.3) is 21.8 Å². The second kappa shape index (κ2) is 12.3. The van der Waals surface area contributed by atoms with Crippen LogP contribution >= 0.6 is 23.3 Å². The summed E-state index contributed by atoms with van der Waals surface area (Å²) in [6.07, 6.45) is 12.7. The molecule has 5 aromatic rings. The van der Waals surface area contributed by atoms with E-state index in [-0.39, 0.29) is 6.04 Å². The van der Waals surface area contributed by atoms with E-state index in [1.165, 1.54) is 17.1 Å². The van der Waals surface area contributed by atoms with Gasteiger partial charge in [-0.05, 0) is 85.3 Å². The van der Waals surface area contributed by atoms with Crippen LogP contribution in [0.5, 0.6) is 0 Å². The molecule has 10 heteroatoms. The van der Waals surface area contributed by atoms with E-state index in [4.69, 9.17) is 4.98 Å². The third-order valence-corrected chi connectivity index (χ3v) is 9.12. The first kappa shape index (κ1) is 26.0. The van der Waals surface area contributed by atoms with Crippen LogP contribution in [0, 0.1) is 17.2 Å². The predicted molar refractivity (Wildman–Crippen MR) is 161 cm³/mol. The summed E-state index contributed by atoms with van der Waals surface area (Å²) in [5.41, 5.74) is 4.60. The molecule has 1 saturated carbocycles. The Bertz CT molecular complexity index is 1580. The van der Waals surface area contributed by atoms with Crippen LogP contribution in [0.2, 0.25) is 0 Å². The fraction of sp³-hybridized carbons (Fsp3) is 0.233. The summed E-state index contributed by atoms with van der Waals surface area (Å²) >= 11 is 3.29. The van der Waals surface area contributed by atoms with Crippen molar-refractivity contribution in [3.63, 3.8) is 0 Å². The minimum Gasteiger partial charge on any atom is -0.325 e. The van der Waals surface area contributed by atoms with Gasteiger partial charge in [-0.15, -0.1) is 11.3 Å². The quantitative estimate of drug-likeness (QED) is 0.165. The van der Waals surface area contributed by atoms with Crippen LogP contribution in [-0.2, 0) is 0 Å². The van der Waals surface area contributed by atoms with E-state index < -0.39 is 0 Å². The van der Waals surface area contributed by atoms with Crippen LogP contribution in [0.1, 0.15) is 38.1 Å². The van der Waals surface area contributed by atoms with Gasteiger partial charge in [-0.1, -0.05) is 18.9 Å². The van der Waals surface area contributed by atoms with Gasteiger partial charge in [0.1, 0.15) is 0 Å². The fourth-order valence-electron chi connectivity index (χ4n) is 5.02. The zero-order valence-corrected chi connectivity index (χ0v) is 23.4. The molecule has 1 aliphatic carbocycles. The molecule has 200 valence electrons. The number of nitriles is 1.